The van der Waals surface area contributed by atoms with Gasteiger partial charge in [0.05, 0.1) is 21.2 Å². The van der Waals surface area contributed by atoms with Gasteiger partial charge in [-0.2, -0.15) is 0 Å². The fourth-order valence-electron chi connectivity index (χ4n) is 4.35. The lowest BCUT2D eigenvalue weighted by atomic mass is 10.1. The fraction of sp³-hybridized carbons (Fsp3) is 0.375. The lowest BCUT2D eigenvalue weighted by Gasteiger charge is -2.26. The van der Waals surface area contributed by atoms with Crippen LogP contribution in [0.5, 0.6) is 0 Å². The highest BCUT2D eigenvalue weighted by atomic mass is 35.5. The summed E-state index contributed by atoms with van der Waals surface area (Å²) in [5.41, 5.74) is 1.09. The van der Waals surface area contributed by atoms with Gasteiger partial charge in [-0.15, -0.1) is 0 Å². The number of hydrogen-bond acceptors (Lipinski definition) is 7. The minimum absolute atomic E-state index is 0.0333. The van der Waals surface area contributed by atoms with Gasteiger partial charge < -0.3 is 19.7 Å². The summed E-state index contributed by atoms with van der Waals surface area (Å²) < 4.78 is 32.1. The monoisotopic (exact) mass is 519 g/mol. The Labute approximate surface area is 208 Å². The molecule has 1 aliphatic rings. The number of aliphatic hydroxyl groups is 1. The molecule has 2 unspecified atom stereocenters. The van der Waals surface area contributed by atoms with Gasteiger partial charge in [-0.05, 0) is 37.1 Å². The van der Waals surface area contributed by atoms with E-state index in [-0.39, 0.29) is 28.8 Å². The van der Waals surface area contributed by atoms with Crippen molar-refractivity contribution in [3.63, 3.8) is 0 Å². The number of carbonyl (C=O) groups excluding carboxylic acids is 2. The Morgan fingerprint density at radius 3 is 2.57 bits per heavy atom. The minimum Gasteiger partial charge on any atom is -0.438 e. The number of aliphatic hydroxyl groups excluding tert-OH is 1. The molecule has 0 aliphatic carbocycles. The Hall–Kier alpha value is -2.95. The van der Waals surface area contributed by atoms with Crippen LogP contribution < -0.4 is 5.32 Å². The van der Waals surface area contributed by atoms with E-state index in [0.29, 0.717) is 17.5 Å². The van der Waals surface area contributed by atoms with Gasteiger partial charge in [0.15, 0.2) is 21.5 Å². The molecular weight excluding hydrogens is 494 g/mol. The van der Waals surface area contributed by atoms with E-state index in [9.17, 15) is 23.1 Å². The second-order valence-electron chi connectivity index (χ2n) is 8.51. The van der Waals surface area contributed by atoms with Crippen LogP contribution in [0.3, 0.4) is 0 Å². The molecule has 0 bridgehead atoms. The molecule has 3 aromatic rings. The summed E-state index contributed by atoms with van der Waals surface area (Å²) >= 11 is 6.11. The molecule has 4 rings (SSSR count). The zero-order valence-electron chi connectivity index (χ0n) is 19.2. The third-order valence-electron chi connectivity index (χ3n) is 6.26. The molecular formula is C24H26ClN3O6S. The van der Waals surface area contributed by atoms with Crippen LogP contribution in [0, 0.1) is 0 Å². The number of amides is 2. The normalized spacial score (nSPS) is 20.1. The highest BCUT2D eigenvalue weighted by Gasteiger charge is 2.45. The SMILES string of the molecule is CCC(NC(=O)[C@@H]1C[C@@H](S(=O)(=O)c2ccccc2Cl)CN1C(C)=O)C(O)c1nc2ccccc2o1. The predicted molar refractivity (Wildman–Crippen MR) is 129 cm³/mol. The molecule has 2 amide bonds. The summed E-state index contributed by atoms with van der Waals surface area (Å²) in [5, 5.41) is 12.7. The van der Waals surface area contributed by atoms with Crippen LogP contribution in [-0.4, -0.2) is 59.1 Å². The lowest BCUT2D eigenvalue weighted by Crippen LogP contribution is -2.49. The van der Waals surface area contributed by atoms with Crippen molar-refractivity contribution in [2.45, 2.75) is 55.0 Å². The Morgan fingerprint density at radius 2 is 1.91 bits per heavy atom. The molecule has 1 aliphatic heterocycles. The van der Waals surface area contributed by atoms with Gasteiger partial charge in [-0.1, -0.05) is 42.8 Å². The summed E-state index contributed by atoms with van der Waals surface area (Å²) in [6, 6.07) is 11.4. The first kappa shape index (κ1) is 25.2. The maximum absolute atomic E-state index is 13.2. The van der Waals surface area contributed by atoms with Crippen molar-refractivity contribution in [2.75, 3.05) is 6.54 Å². The van der Waals surface area contributed by atoms with Crippen molar-refractivity contribution in [1.82, 2.24) is 15.2 Å². The molecule has 0 spiro atoms. The number of benzene rings is 2. The maximum Gasteiger partial charge on any atom is 0.243 e. The standard InChI is InChI=1S/C24H26ClN3O6S/c1-3-17(22(30)24-27-18-9-5-6-10-20(18)34-24)26-23(31)19-12-15(13-28(19)14(2)29)35(32,33)21-11-7-4-8-16(21)25/h4-11,15,17,19,22,30H,3,12-13H2,1-2H3,(H,26,31)/t15-,17?,19+,22?/m1/s1. The van der Waals surface area contributed by atoms with E-state index in [1.165, 1.54) is 24.0 Å². The van der Waals surface area contributed by atoms with Crippen molar-refractivity contribution >= 4 is 44.4 Å². The number of sulfone groups is 1. The molecule has 0 saturated carbocycles. The molecule has 1 aromatic heterocycles. The van der Waals surface area contributed by atoms with Crippen LogP contribution >= 0.6 is 11.6 Å². The van der Waals surface area contributed by atoms with Crippen molar-refractivity contribution < 1.29 is 27.5 Å². The van der Waals surface area contributed by atoms with E-state index in [0.717, 1.165) is 0 Å². The van der Waals surface area contributed by atoms with Gasteiger partial charge in [-0.3, -0.25) is 9.59 Å². The zero-order valence-corrected chi connectivity index (χ0v) is 20.8. The molecule has 2 heterocycles. The highest BCUT2D eigenvalue weighted by Crippen LogP contribution is 2.32. The highest BCUT2D eigenvalue weighted by molar-refractivity contribution is 7.92. The first-order valence-corrected chi connectivity index (χ1v) is 13.2. The number of nitrogens with one attached hydrogen (secondary N) is 1. The Morgan fingerprint density at radius 1 is 1.23 bits per heavy atom. The number of hydrogen-bond donors (Lipinski definition) is 2. The smallest absolute Gasteiger partial charge is 0.243 e. The Bertz CT molecular complexity index is 1330. The van der Waals surface area contributed by atoms with Gasteiger partial charge in [0, 0.05) is 13.5 Å². The number of oxazole rings is 1. The quantitative estimate of drug-likeness (QED) is 0.491. The van der Waals surface area contributed by atoms with Crippen LogP contribution in [0.25, 0.3) is 11.1 Å². The average Bonchev–Trinajstić information content (AvgIpc) is 3.47. The van der Waals surface area contributed by atoms with Crippen molar-refractivity contribution in [2.24, 2.45) is 0 Å². The van der Waals surface area contributed by atoms with Crippen molar-refractivity contribution in [1.29, 1.82) is 0 Å². The van der Waals surface area contributed by atoms with Gasteiger partial charge >= 0.3 is 0 Å². The van der Waals surface area contributed by atoms with Crippen LogP contribution in [-0.2, 0) is 19.4 Å². The van der Waals surface area contributed by atoms with E-state index < -0.39 is 45.1 Å². The predicted octanol–water partition coefficient (Wildman–Crippen LogP) is 2.87. The molecule has 35 heavy (non-hydrogen) atoms. The number of likely N-dealkylation sites (tertiary alicyclic amines) is 1. The van der Waals surface area contributed by atoms with E-state index in [2.05, 4.69) is 10.3 Å². The molecule has 0 radical (unpaired) electrons. The van der Waals surface area contributed by atoms with Crippen molar-refractivity contribution in [3.05, 3.63) is 59.4 Å². The van der Waals surface area contributed by atoms with Crippen LogP contribution in [0.1, 0.15) is 38.7 Å². The molecule has 4 atom stereocenters. The Kier molecular flexibility index (Phi) is 7.16. The molecule has 2 aromatic carbocycles. The largest absolute Gasteiger partial charge is 0.438 e. The zero-order chi connectivity index (χ0) is 25.3. The fourth-order valence-corrected chi connectivity index (χ4v) is 6.56. The molecule has 1 saturated heterocycles. The molecule has 1 fully saturated rings. The number of rotatable bonds is 7. The van der Waals surface area contributed by atoms with E-state index in [1.807, 2.05) is 0 Å². The van der Waals surface area contributed by atoms with E-state index in [4.69, 9.17) is 16.0 Å². The van der Waals surface area contributed by atoms with E-state index in [1.54, 1.807) is 43.3 Å². The Balaban J connectivity index is 1.53. The summed E-state index contributed by atoms with van der Waals surface area (Å²) in [6.07, 6.45) is -0.972. The number of halogens is 1. The molecule has 2 N–H and O–H groups in total. The topological polar surface area (TPSA) is 130 Å². The summed E-state index contributed by atoms with van der Waals surface area (Å²) in [7, 11) is -3.89. The lowest BCUT2D eigenvalue weighted by molar-refractivity contribution is -0.137. The van der Waals surface area contributed by atoms with Crippen LogP contribution in [0.4, 0.5) is 0 Å². The number of para-hydroxylation sites is 2. The number of aromatic nitrogens is 1. The average molecular weight is 520 g/mol. The van der Waals surface area contributed by atoms with Gasteiger partial charge in [0.1, 0.15) is 11.6 Å². The van der Waals surface area contributed by atoms with Gasteiger partial charge in [-0.25, -0.2) is 13.4 Å². The molecule has 11 heteroatoms. The maximum atomic E-state index is 13.2. The summed E-state index contributed by atoms with van der Waals surface area (Å²) in [4.78, 5) is 31.0. The molecule has 186 valence electrons. The van der Waals surface area contributed by atoms with Crippen molar-refractivity contribution in [3.8, 4) is 0 Å². The van der Waals surface area contributed by atoms with Crippen LogP contribution in [0.2, 0.25) is 5.02 Å². The summed E-state index contributed by atoms with van der Waals surface area (Å²) in [5.74, 6) is -0.916. The number of fused-ring (bicyclic) bond motifs is 1. The summed E-state index contributed by atoms with van der Waals surface area (Å²) in [6.45, 7) is 2.93. The number of carbonyl (C=O) groups is 2. The molecule has 9 nitrogen and oxygen atoms in total. The second-order valence-corrected chi connectivity index (χ2v) is 11.1. The second kappa shape index (κ2) is 9.96. The van der Waals surface area contributed by atoms with E-state index >= 15 is 0 Å². The first-order chi connectivity index (χ1) is 16.6. The van der Waals surface area contributed by atoms with Gasteiger partial charge in [0.25, 0.3) is 0 Å². The third kappa shape index (κ3) is 4.91. The first-order valence-electron chi connectivity index (χ1n) is 11.2. The van der Waals surface area contributed by atoms with Crippen LogP contribution in [0.15, 0.2) is 57.8 Å². The number of nitrogens with zero attached hydrogens (tertiary/aromatic N) is 2. The van der Waals surface area contributed by atoms with Gasteiger partial charge in [0.2, 0.25) is 17.7 Å². The minimum atomic E-state index is -3.89. The third-order valence-corrected chi connectivity index (χ3v) is 8.89.